The minimum Gasteiger partial charge on any atom is -0.496 e. The summed E-state index contributed by atoms with van der Waals surface area (Å²) in [6.45, 7) is 2.03. The monoisotopic (exact) mass is 695 g/mol. The van der Waals surface area contributed by atoms with Gasteiger partial charge in [0.2, 0.25) is 0 Å². The fourth-order valence-electron chi connectivity index (χ4n) is 6.16. The number of amides is 1. The molecule has 0 spiro atoms. The van der Waals surface area contributed by atoms with Crippen LogP contribution in [-0.4, -0.2) is 30.2 Å². The third-order valence-electron chi connectivity index (χ3n) is 8.27. The summed E-state index contributed by atoms with van der Waals surface area (Å²) in [5, 5.41) is 0.915. The number of esters is 1. The molecular weight excluding hydrogens is 669 g/mol. The summed E-state index contributed by atoms with van der Waals surface area (Å²) in [7, 11) is 1.51. The summed E-state index contributed by atoms with van der Waals surface area (Å²) < 4.78 is 12.9. The van der Waals surface area contributed by atoms with Gasteiger partial charge in [-0.25, -0.2) is 9.79 Å². The summed E-state index contributed by atoms with van der Waals surface area (Å²) in [5.41, 5.74) is 3.41. The lowest BCUT2D eigenvalue weighted by atomic mass is 9.92. The molecule has 0 unspecified atom stereocenters. The predicted molar refractivity (Wildman–Crippen MR) is 187 cm³/mol. The van der Waals surface area contributed by atoms with Crippen molar-refractivity contribution < 1.29 is 19.1 Å². The molecule has 3 heterocycles. The predicted octanol–water partition coefficient (Wildman–Crippen LogP) is 6.17. The lowest BCUT2D eigenvalue weighted by Crippen LogP contribution is -2.41. The molecule has 240 valence electrons. The van der Waals surface area contributed by atoms with Crippen LogP contribution < -0.4 is 24.5 Å². The van der Waals surface area contributed by atoms with Crippen LogP contribution in [0.5, 0.6) is 5.75 Å². The van der Waals surface area contributed by atoms with E-state index in [9.17, 15) is 14.4 Å². The quantitative estimate of drug-likeness (QED) is 0.190. The Kier molecular flexibility index (Phi) is 8.51. The van der Waals surface area contributed by atoms with Crippen LogP contribution in [0.2, 0.25) is 10.0 Å². The molecule has 0 saturated carbocycles. The van der Waals surface area contributed by atoms with E-state index >= 15 is 0 Å². The standard InChI is InChI=1S/C37H27Cl2N3O5S/c1-3-47-36(45)30-31(21-11-5-4-6-12-21)40-37-42(32(30)25-19-23(38)17-18-28(25)46-2)35(44)33(48-37)29-24-14-8-10-16-27(24)41(34(29)43)20-22-13-7-9-15-26(22)39/h4-19,32H,3,20H2,1-2H3/b33-29-/t32-/m1/s1. The SMILES string of the molecule is CCOC(=O)C1=C(c2ccccc2)N=c2s/c(=C3\C(=O)N(Cc4ccccc4Cl)c4ccccc43)c(=O)n2[C@@H]1c1cc(Cl)ccc1OC. The number of benzene rings is 4. The summed E-state index contributed by atoms with van der Waals surface area (Å²) in [6.07, 6.45) is 0. The van der Waals surface area contributed by atoms with Gasteiger partial charge in [-0.3, -0.25) is 14.2 Å². The van der Waals surface area contributed by atoms with Crippen molar-refractivity contribution in [2.75, 3.05) is 18.6 Å². The van der Waals surface area contributed by atoms with Crippen molar-refractivity contribution in [1.82, 2.24) is 4.57 Å². The molecule has 5 aromatic rings. The third kappa shape index (κ3) is 5.34. The lowest BCUT2D eigenvalue weighted by molar-refractivity contribution is -0.138. The Morgan fingerprint density at radius 2 is 1.67 bits per heavy atom. The van der Waals surface area contributed by atoms with Gasteiger partial charge in [-0.1, -0.05) is 101 Å². The van der Waals surface area contributed by atoms with Gasteiger partial charge in [-0.2, -0.15) is 0 Å². The molecule has 2 aliphatic heterocycles. The number of aromatic nitrogens is 1. The van der Waals surface area contributed by atoms with Crippen LogP contribution >= 0.6 is 34.5 Å². The Hall–Kier alpha value is -4.96. The Balaban J connectivity index is 1.54. The second-order valence-corrected chi connectivity index (χ2v) is 12.8. The lowest BCUT2D eigenvalue weighted by Gasteiger charge is -2.27. The minimum absolute atomic E-state index is 0.102. The molecule has 1 amide bonds. The van der Waals surface area contributed by atoms with Crippen LogP contribution in [0.25, 0.3) is 11.3 Å². The molecule has 1 aromatic heterocycles. The Bertz CT molecular complexity index is 2330. The van der Waals surface area contributed by atoms with Crippen LogP contribution in [0.3, 0.4) is 0 Å². The van der Waals surface area contributed by atoms with Crippen molar-refractivity contribution in [2.45, 2.75) is 19.5 Å². The van der Waals surface area contributed by atoms with E-state index in [1.807, 2.05) is 72.8 Å². The number of ether oxygens (including phenoxy) is 2. The van der Waals surface area contributed by atoms with Gasteiger partial charge in [0.15, 0.2) is 4.80 Å². The van der Waals surface area contributed by atoms with Crippen LogP contribution in [0, 0.1) is 0 Å². The molecule has 11 heteroatoms. The van der Waals surface area contributed by atoms with Crippen molar-refractivity contribution in [3.63, 3.8) is 0 Å². The zero-order valence-corrected chi connectivity index (χ0v) is 28.1. The van der Waals surface area contributed by atoms with Crippen LogP contribution in [0.15, 0.2) is 112 Å². The van der Waals surface area contributed by atoms with E-state index in [1.54, 1.807) is 36.1 Å². The average molecular weight is 697 g/mol. The van der Waals surface area contributed by atoms with Gasteiger partial charge < -0.3 is 14.4 Å². The van der Waals surface area contributed by atoms with Gasteiger partial charge in [0.25, 0.3) is 11.5 Å². The topological polar surface area (TPSA) is 90.2 Å². The van der Waals surface area contributed by atoms with Crippen molar-refractivity contribution in [3.05, 3.63) is 155 Å². The molecule has 8 nitrogen and oxygen atoms in total. The van der Waals surface area contributed by atoms with Crippen molar-refractivity contribution in [3.8, 4) is 5.75 Å². The first-order valence-electron chi connectivity index (χ1n) is 15.1. The van der Waals surface area contributed by atoms with Gasteiger partial charge in [0.1, 0.15) is 16.3 Å². The smallest absolute Gasteiger partial charge is 0.338 e. The van der Waals surface area contributed by atoms with E-state index in [1.165, 1.54) is 11.7 Å². The number of rotatable bonds is 7. The molecule has 0 bridgehead atoms. The number of thiazole rings is 1. The van der Waals surface area contributed by atoms with Crippen molar-refractivity contribution in [1.29, 1.82) is 0 Å². The molecule has 0 saturated heterocycles. The highest BCUT2D eigenvalue weighted by Crippen LogP contribution is 2.41. The third-order valence-corrected chi connectivity index (χ3v) is 9.93. The largest absolute Gasteiger partial charge is 0.496 e. The second kappa shape index (κ2) is 12.9. The number of carbonyl (C=O) groups excluding carboxylic acids is 2. The highest BCUT2D eigenvalue weighted by Gasteiger charge is 2.39. The molecule has 4 aromatic carbocycles. The summed E-state index contributed by atoms with van der Waals surface area (Å²) in [5.74, 6) is -0.573. The van der Waals surface area contributed by atoms with Crippen LogP contribution in [0.4, 0.5) is 5.69 Å². The fraction of sp³-hybridized carbons (Fsp3) is 0.135. The highest BCUT2D eigenvalue weighted by molar-refractivity contribution is 7.07. The van der Waals surface area contributed by atoms with Crippen LogP contribution in [-0.2, 0) is 20.9 Å². The molecule has 2 aliphatic rings. The molecule has 1 atom stereocenters. The first kappa shape index (κ1) is 31.6. The van der Waals surface area contributed by atoms with Crippen molar-refractivity contribution >= 4 is 63.4 Å². The number of anilines is 1. The second-order valence-electron chi connectivity index (χ2n) is 11.0. The Morgan fingerprint density at radius 1 is 0.938 bits per heavy atom. The van der Waals surface area contributed by atoms with Crippen molar-refractivity contribution in [2.24, 2.45) is 4.99 Å². The zero-order valence-electron chi connectivity index (χ0n) is 25.8. The van der Waals surface area contributed by atoms with Crippen LogP contribution in [0.1, 0.15) is 35.2 Å². The maximum absolute atomic E-state index is 14.8. The number of carbonyl (C=O) groups is 2. The first-order chi connectivity index (χ1) is 23.3. The Morgan fingerprint density at radius 3 is 2.42 bits per heavy atom. The number of methoxy groups -OCH3 is 1. The molecule has 0 aliphatic carbocycles. The van der Waals surface area contributed by atoms with E-state index in [-0.39, 0.29) is 34.7 Å². The molecule has 48 heavy (non-hydrogen) atoms. The average Bonchev–Trinajstić information content (AvgIpc) is 3.57. The molecular formula is C37H27Cl2N3O5S. The number of halogens is 2. The van der Waals surface area contributed by atoms with Gasteiger partial charge in [-0.15, -0.1) is 0 Å². The van der Waals surface area contributed by atoms with Gasteiger partial charge in [0.05, 0.1) is 42.8 Å². The van der Waals surface area contributed by atoms with E-state index in [4.69, 9.17) is 37.7 Å². The molecule has 0 radical (unpaired) electrons. The normalized spacial score (nSPS) is 16.4. The van der Waals surface area contributed by atoms with E-state index in [2.05, 4.69) is 0 Å². The number of nitrogens with zero attached hydrogens (tertiary/aromatic N) is 3. The molecule has 7 rings (SSSR count). The summed E-state index contributed by atoms with van der Waals surface area (Å²) in [6, 6.07) is 27.9. The van der Waals surface area contributed by atoms with E-state index in [0.29, 0.717) is 48.7 Å². The van der Waals surface area contributed by atoms with Gasteiger partial charge >= 0.3 is 5.97 Å². The Labute approximate surface area is 289 Å². The number of fused-ring (bicyclic) bond motifs is 2. The number of hydrogen-bond donors (Lipinski definition) is 0. The molecule has 0 N–H and O–H groups in total. The summed E-state index contributed by atoms with van der Waals surface area (Å²) in [4.78, 5) is 49.8. The maximum atomic E-state index is 14.8. The van der Waals surface area contributed by atoms with Gasteiger partial charge in [-0.05, 0) is 42.8 Å². The molecule has 0 fully saturated rings. The maximum Gasteiger partial charge on any atom is 0.338 e. The summed E-state index contributed by atoms with van der Waals surface area (Å²) >= 11 is 14.1. The van der Waals surface area contributed by atoms with E-state index in [0.717, 1.165) is 16.9 Å². The first-order valence-corrected chi connectivity index (χ1v) is 16.7. The number of hydrogen-bond acceptors (Lipinski definition) is 7. The zero-order chi connectivity index (χ0) is 33.5. The number of para-hydroxylation sites is 1. The minimum atomic E-state index is -1.04. The van der Waals surface area contributed by atoms with Gasteiger partial charge in [0, 0.05) is 26.7 Å². The highest BCUT2D eigenvalue weighted by atomic mass is 35.5. The van der Waals surface area contributed by atoms with E-state index < -0.39 is 17.6 Å². The fourth-order valence-corrected chi connectivity index (χ4v) is 7.62.